The van der Waals surface area contributed by atoms with Gasteiger partial charge in [0.15, 0.2) is 0 Å². The molecule has 2 heterocycles. The number of nitrogens with two attached hydrogens (primary N) is 1. The zero-order valence-electron chi connectivity index (χ0n) is 15.3. The number of fused-ring (bicyclic) bond motifs is 1. The number of rotatable bonds is 5. The van der Waals surface area contributed by atoms with Gasteiger partial charge in [-0.05, 0) is 24.6 Å². The SMILES string of the molecule is CC(Nc1cnc2cc(-c3ncnc(N)c3C=N)ccc2n1)c1ccccc1. The van der Waals surface area contributed by atoms with Crippen molar-refractivity contribution in [1.29, 1.82) is 5.41 Å². The highest BCUT2D eigenvalue weighted by molar-refractivity contribution is 5.93. The van der Waals surface area contributed by atoms with Crippen LogP contribution in [-0.2, 0) is 0 Å². The molecule has 138 valence electrons. The summed E-state index contributed by atoms with van der Waals surface area (Å²) in [5.74, 6) is 0.990. The summed E-state index contributed by atoms with van der Waals surface area (Å²) in [6.45, 7) is 2.09. The molecule has 0 saturated carbocycles. The molecule has 4 aromatic rings. The van der Waals surface area contributed by atoms with E-state index in [1.165, 1.54) is 18.1 Å². The average molecular weight is 369 g/mol. The molecule has 7 heteroatoms. The van der Waals surface area contributed by atoms with Crippen LogP contribution in [0.1, 0.15) is 24.1 Å². The molecular weight excluding hydrogens is 350 g/mol. The highest BCUT2D eigenvalue weighted by Gasteiger charge is 2.11. The molecule has 0 spiro atoms. The van der Waals surface area contributed by atoms with E-state index in [1.807, 2.05) is 36.4 Å². The van der Waals surface area contributed by atoms with E-state index in [0.29, 0.717) is 17.1 Å². The van der Waals surface area contributed by atoms with Crippen LogP contribution in [0.3, 0.4) is 0 Å². The van der Waals surface area contributed by atoms with Crippen LogP contribution in [-0.4, -0.2) is 26.2 Å². The maximum atomic E-state index is 7.58. The second-order valence-corrected chi connectivity index (χ2v) is 6.40. The molecule has 2 aromatic carbocycles. The minimum Gasteiger partial charge on any atom is -0.383 e. The standard InChI is InChI=1S/C21H19N7/c1-13(14-5-3-2-4-6-14)27-19-11-24-18-9-15(7-8-17(18)28-19)20-16(10-22)21(23)26-12-25-20/h2-13,22H,1H3,(H,27,28)(H2,23,25,26). The van der Waals surface area contributed by atoms with Gasteiger partial charge in [0, 0.05) is 17.8 Å². The van der Waals surface area contributed by atoms with Gasteiger partial charge in [-0.2, -0.15) is 0 Å². The highest BCUT2D eigenvalue weighted by Crippen LogP contribution is 2.26. The fraction of sp³-hybridized carbons (Fsp3) is 0.0952. The molecule has 1 atom stereocenters. The number of hydrogen-bond acceptors (Lipinski definition) is 7. The lowest BCUT2D eigenvalue weighted by molar-refractivity contribution is 0.874. The fourth-order valence-corrected chi connectivity index (χ4v) is 3.06. The molecule has 0 aliphatic carbocycles. The van der Waals surface area contributed by atoms with Crippen molar-refractivity contribution >= 4 is 28.9 Å². The summed E-state index contributed by atoms with van der Waals surface area (Å²) in [5, 5.41) is 11.0. The summed E-state index contributed by atoms with van der Waals surface area (Å²) in [6, 6.07) is 16.0. The quantitative estimate of drug-likeness (QED) is 0.461. The van der Waals surface area contributed by atoms with Crippen molar-refractivity contribution in [3.8, 4) is 11.3 Å². The lowest BCUT2D eigenvalue weighted by Crippen LogP contribution is -2.08. The van der Waals surface area contributed by atoms with Crippen molar-refractivity contribution in [3.63, 3.8) is 0 Å². The van der Waals surface area contributed by atoms with Gasteiger partial charge >= 0.3 is 0 Å². The van der Waals surface area contributed by atoms with Crippen molar-refractivity contribution in [2.75, 3.05) is 11.1 Å². The second kappa shape index (κ2) is 7.40. The first kappa shape index (κ1) is 17.5. The maximum absolute atomic E-state index is 7.58. The Kier molecular flexibility index (Phi) is 4.63. The fourth-order valence-electron chi connectivity index (χ4n) is 3.06. The van der Waals surface area contributed by atoms with Crippen LogP contribution in [0.25, 0.3) is 22.3 Å². The molecule has 4 N–H and O–H groups in total. The predicted molar refractivity (Wildman–Crippen MR) is 111 cm³/mol. The molecule has 0 saturated heterocycles. The van der Waals surface area contributed by atoms with Crippen LogP contribution in [0, 0.1) is 5.41 Å². The Morgan fingerprint density at radius 3 is 2.64 bits per heavy atom. The summed E-state index contributed by atoms with van der Waals surface area (Å²) in [6.07, 6.45) is 4.28. The van der Waals surface area contributed by atoms with Gasteiger partial charge in [0.25, 0.3) is 0 Å². The minimum atomic E-state index is 0.117. The third-order valence-corrected chi connectivity index (χ3v) is 4.54. The van der Waals surface area contributed by atoms with Crippen molar-refractivity contribution in [2.24, 2.45) is 0 Å². The van der Waals surface area contributed by atoms with Crippen LogP contribution in [0.5, 0.6) is 0 Å². The number of nitrogens with one attached hydrogen (secondary N) is 2. The van der Waals surface area contributed by atoms with Gasteiger partial charge in [-0.3, -0.25) is 4.98 Å². The number of nitrogen functional groups attached to an aromatic ring is 1. The molecule has 2 aromatic heterocycles. The number of benzene rings is 2. The maximum Gasteiger partial charge on any atom is 0.145 e. The van der Waals surface area contributed by atoms with Gasteiger partial charge in [-0.25, -0.2) is 15.0 Å². The first-order valence-electron chi connectivity index (χ1n) is 8.85. The molecule has 0 bridgehead atoms. The van der Waals surface area contributed by atoms with E-state index >= 15 is 0 Å². The van der Waals surface area contributed by atoms with Crippen molar-refractivity contribution in [2.45, 2.75) is 13.0 Å². The van der Waals surface area contributed by atoms with E-state index in [0.717, 1.165) is 16.6 Å². The van der Waals surface area contributed by atoms with Crippen molar-refractivity contribution in [1.82, 2.24) is 19.9 Å². The molecule has 0 aliphatic rings. The first-order chi connectivity index (χ1) is 13.7. The van der Waals surface area contributed by atoms with Crippen LogP contribution < -0.4 is 11.1 Å². The highest BCUT2D eigenvalue weighted by atomic mass is 15.0. The summed E-state index contributed by atoms with van der Waals surface area (Å²) in [4.78, 5) is 17.4. The van der Waals surface area contributed by atoms with Gasteiger partial charge < -0.3 is 16.5 Å². The molecule has 0 aliphatic heterocycles. The first-order valence-corrected chi connectivity index (χ1v) is 8.85. The largest absolute Gasteiger partial charge is 0.383 e. The van der Waals surface area contributed by atoms with Gasteiger partial charge in [-0.15, -0.1) is 0 Å². The lowest BCUT2D eigenvalue weighted by Gasteiger charge is -2.15. The number of aromatic nitrogens is 4. The number of hydrogen-bond donors (Lipinski definition) is 3. The summed E-state index contributed by atoms with van der Waals surface area (Å²) in [7, 11) is 0. The number of anilines is 2. The Hall–Kier alpha value is -3.87. The monoisotopic (exact) mass is 369 g/mol. The summed E-state index contributed by atoms with van der Waals surface area (Å²) < 4.78 is 0. The molecule has 1 unspecified atom stereocenters. The molecule has 0 amide bonds. The van der Waals surface area contributed by atoms with Crippen LogP contribution in [0.15, 0.2) is 61.1 Å². The Labute approximate surface area is 162 Å². The molecular formula is C21H19N7. The van der Waals surface area contributed by atoms with Gasteiger partial charge in [-0.1, -0.05) is 36.4 Å². The third kappa shape index (κ3) is 3.37. The van der Waals surface area contributed by atoms with E-state index in [4.69, 9.17) is 11.1 Å². The molecule has 4 rings (SSSR count). The predicted octanol–water partition coefficient (Wildman–Crippen LogP) is 3.84. The van der Waals surface area contributed by atoms with E-state index < -0.39 is 0 Å². The zero-order chi connectivity index (χ0) is 19.5. The van der Waals surface area contributed by atoms with Gasteiger partial charge in [0.05, 0.1) is 28.5 Å². The summed E-state index contributed by atoms with van der Waals surface area (Å²) >= 11 is 0. The van der Waals surface area contributed by atoms with Crippen molar-refractivity contribution < 1.29 is 0 Å². The van der Waals surface area contributed by atoms with Crippen LogP contribution in [0.2, 0.25) is 0 Å². The van der Waals surface area contributed by atoms with E-state index in [1.54, 1.807) is 6.20 Å². The zero-order valence-corrected chi connectivity index (χ0v) is 15.3. The average Bonchev–Trinajstić information content (AvgIpc) is 2.73. The smallest absolute Gasteiger partial charge is 0.145 e. The van der Waals surface area contributed by atoms with Crippen LogP contribution in [0.4, 0.5) is 11.6 Å². The van der Waals surface area contributed by atoms with Crippen LogP contribution >= 0.6 is 0 Å². The molecule has 28 heavy (non-hydrogen) atoms. The normalized spacial score (nSPS) is 11.9. The molecule has 0 fully saturated rings. The minimum absolute atomic E-state index is 0.117. The van der Waals surface area contributed by atoms with Gasteiger partial charge in [0.1, 0.15) is 18.0 Å². The van der Waals surface area contributed by atoms with E-state index in [-0.39, 0.29) is 11.9 Å². The molecule has 0 radical (unpaired) electrons. The third-order valence-electron chi connectivity index (χ3n) is 4.54. The van der Waals surface area contributed by atoms with E-state index in [9.17, 15) is 0 Å². The Balaban J connectivity index is 1.65. The summed E-state index contributed by atoms with van der Waals surface area (Å²) in [5.41, 5.74) is 10.5. The van der Waals surface area contributed by atoms with E-state index in [2.05, 4.69) is 44.3 Å². The Morgan fingerprint density at radius 1 is 1.04 bits per heavy atom. The lowest BCUT2D eigenvalue weighted by atomic mass is 10.1. The second-order valence-electron chi connectivity index (χ2n) is 6.40. The topological polar surface area (TPSA) is 113 Å². The van der Waals surface area contributed by atoms with Gasteiger partial charge in [0.2, 0.25) is 0 Å². The van der Waals surface area contributed by atoms with Crippen molar-refractivity contribution in [3.05, 3.63) is 72.2 Å². The number of nitrogens with zero attached hydrogens (tertiary/aromatic N) is 4. The Morgan fingerprint density at radius 2 is 1.86 bits per heavy atom. The Bertz CT molecular complexity index is 1140. The molecule has 7 nitrogen and oxygen atoms in total.